The molecule has 0 aromatic heterocycles. The van der Waals surface area contributed by atoms with Gasteiger partial charge in [0.15, 0.2) is 16.4 Å². The third-order valence-corrected chi connectivity index (χ3v) is 8.20. The van der Waals surface area contributed by atoms with Crippen molar-refractivity contribution in [2.45, 2.75) is 55.7 Å². The van der Waals surface area contributed by atoms with Crippen LogP contribution in [0.3, 0.4) is 0 Å². The molecule has 0 bridgehead atoms. The highest BCUT2D eigenvalue weighted by Gasteiger charge is 2.30. The first-order valence-corrected chi connectivity index (χ1v) is 12.0. The lowest BCUT2D eigenvalue weighted by Gasteiger charge is -2.27. The number of amides is 2. The Balaban J connectivity index is 1.49. The second kappa shape index (κ2) is 8.34. The molecular formula is C23H26N2O5S. The average Bonchev–Trinajstić information content (AvgIpc) is 2.73. The maximum absolute atomic E-state index is 13.2. The van der Waals surface area contributed by atoms with E-state index in [1.54, 1.807) is 19.9 Å². The molecule has 0 spiro atoms. The molecule has 2 atom stereocenters. The van der Waals surface area contributed by atoms with Gasteiger partial charge in [0, 0.05) is 12.5 Å². The maximum Gasteiger partial charge on any atom is 0.262 e. The highest BCUT2D eigenvalue weighted by atomic mass is 32.2. The number of carbonyl (C=O) groups excluding carboxylic acids is 2. The predicted molar refractivity (Wildman–Crippen MR) is 117 cm³/mol. The Kier molecular flexibility index (Phi) is 5.75. The van der Waals surface area contributed by atoms with Gasteiger partial charge in [-0.25, -0.2) is 8.42 Å². The monoisotopic (exact) mass is 442 g/mol. The molecule has 0 saturated heterocycles. The molecule has 0 unspecified atom stereocenters. The Morgan fingerprint density at radius 1 is 1.29 bits per heavy atom. The van der Waals surface area contributed by atoms with Crippen LogP contribution in [0.2, 0.25) is 0 Å². The summed E-state index contributed by atoms with van der Waals surface area (Å²) in [6.45, 7) is 3.06. The topological polar surface area (TPSA) is 102 Å². The summed E-state index contributed by atoms with van der Waals surface area (Å²) in [6, 6.07) is 11.0. The fourth-order valence-electron chi connectivity index (χ4n) is 4.27. The van der Waals surface area contributed by atoms with E-state index in [2.05, 4.69) is 16.7 Å². The van der Waals surface area contributed by atoms with E-state index in [1.165, 1.54) is 11.6 Å². The van der Waals surface area contributed by atoms with Gasteiger partial charge in [-0.1, -0.05) is 24.3 Å². The normalized spacial score (nSPS) is 18.8. The lowest BCUT2D eigenvalue weighted by Crippen LogP contribution is -2.34. The molecule has 2 aliphatic rings. The number of aryl methyl sites for hydroxylation is 2. The minimum atomic E-state index is -3.77. The van der Waals surface area contributed by atoms with Crippen molar-refractivity contribution in [3.8, 4) is 5.75 Å². The van der Waals surface area contributed by atoms with Gasteiger partial charge in [-0.2, -0.15) is 0 Å². The van der Waals surface area contributed by atoms with Crippen LogP contribution in [0, 0.1) is 6.92 Å². The van der Waals surface area contributed by atoms with Crippen molar-refractivity contribution in [2.75, 3.05) is 11.9 Å². The van der Waals surface area contributed by atoms with Crippen molar-refractivity contribution in [1.82, 2.24) is 5.32 Å². The van der Waals surface area contributed by atoms with Crippen LogP contribution in [0.1, 0.15) is 48.9 Å². The van der Waals surface area contributed by atoms with E-state index >= 15 is 0 Å². The summed E-state index contributed by atoms with van der Waals surface area (Å²) in [5.74, 6) is -0.243. The van der Waals surface area contributed by atoms with Crippen molar-refractivity contribution in [2.24, 2.45) is 0 Å². The molecule has 1 heterocycles. The summed E-state index contributed by atoms with van der Waals surface area (Å²) >= 11 is 0. The van der Waals surface area contributed by atoms with Gasteiger partial charge in [-0.05, 0) is 55.9 Å². The number of nitrogens with one attached hydrogen (secondary N) is 2. The van der Waals surface area contributed by atoms with E-state index in [9.17, 15) is 18.0 Å². The summed E-state index contributed by atoms with van der Waals surface area (Å²) in [7, 11) is -3.77. The first-order chi connectivity index (χ1) is 14.8. The van der Waals surface area contributed by atoms with Crippen LogP contribution in [-0.4, -0.2) is 32.1 Å². The van der Waals surface area contributed by atoms with Crippen LogP contribution in [-0.2, 0) is 25.8 Å². The maximum atomic E-state index is 13.2. The lowest BCUT2D eigenvalue weighted by atomic mass is 9.87. The third kappa shape index (κ3) is 4.30. The van der Waals surface area contributed by atoms with E-state index in [0.29, 0.717) is 17.0 Å². The zero-order valence-electron chi connectivity index (χ0n) is 17.6. The molecule has 8 heteroatoms. The number of benzene rings is 2. The number of rotatable bonds is 5. The van der Waals surface area contributed by atoms with Crippen molar-refractivity contribution < 1.29 is 22.7 Å². The van der Waals surface area contributed by atoms with Crippen LogP contribution >= 0.6 is 0 Å². The summed E-state index contributed by atoms with van der Waals surface area (Å²) in [4.78, 5) is 24.3. The minimum absolute atomic E-state index is 0.0881. The van der Waals surface area contributed by atoms with Crippen molar-refractivity contribution in [3.05, 3.63) is 53.1 Å². The molecular weight excluding hydrogens is 416 g/mol. The Morgan fingerprint density at radius 2 is 2.06 bits per heavy atom. The molecule has 0 radical (unpaired) electrons. The Bertz CT molecular complexity index is 1140. The number of sulfone groups is 1. The fraction of sp³-hybridized carbons (Fsp3) is 0.391. The Morgan fingerprint density at radius 3 is 2.87 bits per heavy atom. The molecule has 2 aromatic carbocycles. The van der Waals surface area contributed by atoms with Crippen molar-refractivity contribution in [3.63, 3.8) is 0 Å². The molecule has 1 aliphatic carbocycles. The number of carbonyl (C=O) groups is 2. The smallest absolute Gasteiger partial charge is 0.262 e. The number of hydrogen-bond donors (Lipinski definition) is 2. The molecule has 0 saturated carbocycles. The predicted octanol–water partition coefficient (Wildman–Crippen LogP) is 3.07. The number of ether oxygens (including phenoxy) is 1. The van der Waals surface area contributed by atoms with Gasteiger partial charge in [0.05, 0.1) is 21.9 Å². The molecule has 31 heavy (non-hydrogen) atoms. The van der Waals surface area contributed by atoms with Gasteiger partial charge >= 0.3 is 0 Å². The molecule has 7 nitrogen and oxygen atoms in total. The van der Waals surface area contributed by atoms with E-state index in [-0.39, 0.29) is 35.8 Å². The average molecular weight is 443 g/mol. The van der Waals surface area contributed by atoms with Crippen LogP contribution in [0.15, 0.2) is 41.3 Å². The Hall–Kier alpha value is -2.87. The lowest BCUT2D eigenvalue weighted by molar-refractivity contribution is -0.122. The molecule has 2 N–H and O–H groups in total. The zero-order valence-corrected chi connectivity index (χ0v) is 18.4. The number of fused-ring (bicyclic) bond motifs is 2. The first-order valence-electron chi connectivity index (χ1n) is 10.4. The van der Waals surface area contributed by atoms with E-state index in [4.69, 9.17) is 4.74 Å². The van der Waals surface area contributed by atoms with E-state index < -0.39 is 15.1 Å². The second-order valence-corrected chi connectivity index (χ2v) is 10.6. The first kappa shape index (κ1) is 21.4. The highest BCUT2D eigenvalue weighted by molar-refractivity contribution is 7.92. The molecule has 4 rings (SSSR count). The van der Waals surface area contributed by atoms with Gasteiger partial charge in [-0.3, -0.25) is 9.59 Å². The molecule has 2 amide bonds. The van der Waals surface area contributed by atoms with Crippen LogP contribution in [0.5, 0.6) is 5.75 Å². The van der Waals surface area contributed by atoms with Gasteiger partial charge < -0.3 is 15.4 Å². The zero-order chi connectivity index (χ0) is 22.2. The quantitative estimate of drug-likeness (QED) is 0.741. The summed E-state index contributed by atoms with van der Waals surface area (Å²) in [6.07, 6.45) is 2.69. The van der Waals surface area contributed by atoms with E-state index in [1.807, 2.05) is 18.2 Å². The molecule has 2 aromatic rings. The largest absolute Gasteiger partial charge is 0.482 e. The summed E-state index contributed by atoms with van der Waals surface area (Å²) in [5, 5.41) is 4.79. The van der Waals surface area contributed by atoms with Gasteiger partial charge in [0.2, 0.25) is 5.91 Å². The van der Waals surface area contributed by atoms with Gasteiger partial charge in [0.1, 0.15) is 5.75 Å². The summed E-state index contributed by atoms with van der Waals surface area (Å²) in [5.41, 5.74) is 3.30. The summed E-state index contributed by atoms with van der Waals surface area (Å²) < 4.78 is 31.8. The standard InChI is InChI=1S/C23H26N2O5S/c1-14-10-19-20(30-13-23(27)25-19)12-21(14)31(28,29)15(2)11-22(26)24-18-9-5-7-16-6-3-4-8-17(16)18/h3-4,6,8,10,12,15,18H,5,7,9,11,13H2,1-2H3,(H,24,26)(H,25,27)/t15-,18-/m1/s1. The Labute approximate surface area is 182 Å². The third-order valence-electron chi connectivity index (χ3n) is 5.92. The van der Waals surface area contributed by atoms with Crippen molar-refractivity contribution >= 4 is 27.3 Å². The second-order valence-electron chi connectivity index (χ2n) is 8.22. The number of anilines is 1. The SMILES string of the molecule is Cc1cc2c(cc1S(=O)(=O)[C@H](C)CC(=O)N[C@@H]1CCCc3ccccc31)OCC(=O)N2. The van der Waals surface area contributed by atoms with Crippen LogP contribution < -0.4 is 15.4 Å². The molecule has 0 fully saturated rings. The van der Waals surface area contributed by atoms with Crippen molar-refractivity contribution in [1.29, 1.82) is 0 Å². The number of hydrogen-bond acceptors (Lipinski definition) is 5. The fourth-order valence-corrected chi connectivity index (χ4v) is 5.85. The van der Waals surface area contributed by atoms with Gasteiger partial charge in [0.25, 0.3) is 5.91 Å². The van der Waals surface area contributed by atoms with E-state index in [0.717, 1.165) is 24.8 Å². The van der Waals surface area contributed by atoms with Gasteiger partial charge in [-0.15, -0.1) is 0 Å². The van der Waals surface area contributed by atoms with Crippen LogP contribution in [0.4, 0.5) is 5.69 Å². The van der Waals surface area contributed by atoms with Crippen LogP contribution in [0.25, 0.3) is 0 Å². The molecule has 1 aliphatic heterocycles. The minimum Gasteiger partial charge on any atom is -0.482 e. The molecule has 164 valence electrons. The highest BCUT2D eigenvalue weighted by Crippen LogP contribution is 2.35.